The third-order valence-corrected chi connectivity index (χ3v) is 9.42. The van der Waals surface area contributed by atoms with Crippen molar-refractivity contribution in [3.8, 4) is 33.5 Å². The van der Waals surface area contributed by atoms with Crippen LogP contribution in [0.5, 0.6) is 0 Å². The van der Waals surface area contributed by atoms with Gasteiger partial charge in [0, 0.05) is 39.7 Å². The van der Waals surface area contributed by atoms with Crippen LogP contribution >= 0.6 is 0 Å². The SMILES string of the molecule is c1ccc2ncc(-c3cc(-c4ccc5ccc6cccnc6c5n4)cc(-c4ccc5ccc6cccc7ccc4c5c67)c3)cc2c1. The number of rotatable bonds is 3. The number of hydrogen-bond donors (Lipinski definition) is 0. The number of aromatic nitrogens is 3. The molecule has 0 saturated heterocycles. The number of para-hydroxylation sites is 1. The van der Waals surface area contributed by atoms with E-state index in [-0.39, 0.29) is 0 Å². The second-order valence-corrected chi connectivity index (χ2v) is 12.1. The highest BCUT2D eigenvalue weighted by atomic mass is 14.8. The van der Waals surface area contributed by atoms with Gasteiger partial charge in [-0.15, -0.1) is 0 Å². The molecule has 212 valence electrons. The quantitative estimate of drug-likeness (QED) is 0.194. The molecule has 3 heteroatoms. The number of nitrogens with zero attached hydrogens (tertiary/aromatic N) is 3. The van der Waals surface area contributed by atoms with E-state index >= 15 is 0 Å². The zero-order valence-electron chi connectivity index (χ0n) is 24.8. The highest BCUT2D eigenvalue weighted by molar-refractivity contribution is 6.25. The van der Waals surface area contributed by atoms with Crippen molar-refractivity contribution in [3.63, 3.8) is 0 Å². The lowest BCUT2D eigenvalue weighted by atomic mass is 9.88. The van der Waals surface area contributed by atoms with Gasteiger partial charge in [0.15, 0.2) is 0 Å². The van der Waals surface area contributed by atoms with Gasteiger partial charge in [-0.05, 0) is 91.5 Å². The molecule has 3 aromatic heterocycles. The van der Waals surface area contributed by atoms with Crippen molar-refractivity contribution in [1.29, 1.82) is 0 Å². The van der Waals surface area contributed by atoms with Crippen LogP contribution < -0.4 is 0 Å². The van der Waals surface area contributed by atoms with Gasteiger partial charge in [-0.25, -0.2) is 4.98 Å². The molecule has 46 heavy (non-hydrogen) atoms. The summed E-state index contributed by atoms with van der Waals surface area (Å²) in [5.41, 5.74) is 9.33. The Labute approximate surface area is 264 Å². The molecule has 0 unspecified atom stereocenters. The van der Waals surface area contributed by atoms with E-state index < -0.39 is 0 Å². The van der Waals surface area contributed by atoms with E-state index in [2.05, 4.69) is 127 Å². The fourth-order valence-electron chi connectivity index (χ4n) is 7.20. The fourth-order valence-corrected chi connectivity index (χ4v) is 7.20. The van der Waals surface area contributed by atoms with Crippen LogP contribution in [-0.4, -0.2) is 15.0 Å². The Morgan fingerprint density at radius 2 is 1.07 bits per heavy atom. The number of pyridine rings is 3. The Kier molecular flexibility index (Phi) is 5.28. The molecule has 0 amide bonds. The Balaban J connectivity index is 1.25. The molecule has 3 heterocycles. The van der Waals surface area contributed by atoms with Crippen LogP contribution in [0.3, 0.4) is 0 Å². The second-order valence-electron chi connectivity index (χ2n) is 12.1. The maximum Gasteiger partial charge on any atom is 0.0972 e. The number of hydrogen-bond acceptors (Lipinski definition) is 3. The molecule has 10 aromatic rings. The molecule has 10 rings (SSSR count). The first-order chi connectivity index (χ1) is 22.8. The molecule has 0 radical (unpaired) electrons. The summed E-state index contributed by atoms with van der Waals surface area (Å²) < 4.78 is 0. The van der Waals surface area contributed by atoms with Gasteiger partial charge in [-0.3, -0.25) is 9.97 Å². The predicted octanol–water partition coefficient (Wildman–Crippen LogP) is 11.2. The van der Waals surface area contributed by atoms with E-state index in [1.54, 1.807) is 0 Å². The predicted molar refractivity (Wildman–Crippen MR) is 192 cm³/mol. The fraction of sp³-hybridized carbons (Fsp3) is 0. The molecule has 0 N–H and O–H groups in total. The standard InChI is InChI=1S/C43H25N3/c1-2-9-38-31(5-1)21-35(25-45-38)32-22-33(36-17-14-28-11-10-26-6-3-7-27-15-18-37(36)41(28)40(26)27)24-34(23-32)39-19-16-30-13-12-29-8-4-20-44-42(29)43(30)46-39/h1-25H. The molecule has 7 aromatic carbocycles. The zero-order valence-corrected chi connectivity index (χ0v) is 24.8. The van der Waals surface area contributed by atoms with Gasteiger partial charge in [0.05, 0.1) is 22.2 Å². The zero-order chi connectivity index (χ0) is 30.2. The van der Waals surface area contributed by atoms with Crippen molar-refractivity contribution in [3.05, 3.63) is 152 Å². The summed E-state index contributed by atoms with van der Waals surface area (Å²) >= 11 is 0. The number of fused-ring (bicyclic) bond motifs is 4. The average molecular weight is 584 g/mol. The van der Waals surface area contributed by atoms with E-state index in [0.29, 0.717) is 0 Å². The maximum atomic E-state index is 5.24. The normalized spacial score (nSPS) is 11.9. The van der Waals surface area contributed by atoms with Crippen LogP contribution in [0, 0.1) is 0 Å². The molecule has 0 aliphatic rings. The van der Waals surface area contributed by atoms with Crippen molar-refractivity contribution < 1.29 is 0 Å². The van der Waals surface area contributed by atoms with Crippen LogP contribution in [0.25, 0.3) is 98.5 Å². The van der Waals surface area contributed by atoms with Gasteiger partial charge >= 0.3 is 0 Å². The molecule has 0 saturated carbocycles. The van der Waals surface area contributed by atoms with Gasteiger partial charge < -0.3 is 0 Å². The largest absolute Gasteiger partial charge is 0.256 e. The molecule has 0 fully saturated rings. The summed E-state index contributed by atoms with van der Waals surface area (Å²) in [6, 6.07) is 50.1. The highest BCUT2D eigenvalue weighted by Gasteiger charge is 2.15. The van der Waals surface area contributed by atoms with Crippen LogP contribution in [0.4, 0.5) is 0 Å². The first-order valence-corrected chi connectivity index (χ1v) is 15.6. The molecular weight excluding hydrogens is 558 g/mol. The Morgan fingerprint density at radius 1 is 0.391 bits per heavy atom. The van der Waals surface area contributed by atoms with Gasteiger partial charge in [0.25, 0.3) is 0 Å². The monoisotopic (exact) mass is 583 g/mol. The Morgan fingerprint density at radius 3 is 1.98 bits per heavy atom. The molecular formula is C43H25N3. The van der Waals surface area contributed by atoms with Crippen LogP contribution in [0.2, 0.25) is 0 Å². The summed E-state index contributed by atoms with van der Waals surface area (Å²) in [6.07, 6.45) is 3.83. The Bertz CT molecular complexity index is 2800. The minimum atomic E-state index is 0.914. The minimum Gasteiger partial charge on any atom is -0.256 e. The summed E-state index contributed by atoms with van der Waals surface area (Å²) in [4.78, 5) is 14.8. The molecule has 0 aliphatic carbocycles. The minimum absolute atomic E-state index is 0.914. The summed E-state index contributed by atoms with van der Waals surface area (Å²) in [5, 5.41) is 11.0. The van der Waals surface area contributed by atoms with Gasteiger partial charge in [-0.1, -0.05) is 97.1 Å². The van der Waals surface area contributed by atoms with E-state index in [1.807, 2.05) is 24.5 Å². The second kappa shape index (κ2) is 9.65. The first-order valence-electron chi connectivity index (χ1n) is 15.6. The molecule has 0 atom stereocenters. The van der Waals surface area contributed by atoms with Crippen molar-refractivity contribution in [2.24, 2.45) is 0 Å². The molecule has 0 aliphatic heterocycles. The van der Waals surface area contributed by atoms with Gasteiger partial charge in [0.1, 0.15) is 0 Å². The third kappa shape index (κ3) is 3.82. The van der Waals surface area contributed by atoms with Crippen molar-refractivity contribution in [2.45, 2.75) is 0 Å². The van der Waals surface area contributed by atoms with Crippen molar-refractivity contribution >= 4 is 65.0 Å². The third-order valence-electron chi connectivity index (χ3n) is 9.42. The van der Waals surface area contributed by atoms with Crippen molar-refractivity contribution in [2.75, 3.05) is 0 Å². The summed E-state index contributed by atoms with van der Waals surface area (Å²) in [5.74, 6) is 0. The molecule has 0 bridgehead atoms. The van der Waals surface area contributed by atoms with Crippen LogP contribution in [-0.2, 0) is 0 Å². The lowest BCUT2D eigenvalue weighted by molar-refractivity contribution is 1.37. The van der Waals surface area contributed by atoms with Crippen LogP contribution in [0.15, 0.2) is 152 Å². The topological polar surface area (TPSA) is 38.7 Å². The van der Waals surface area contributed by atoms with Crippen molar-refractivity contribution in [1.82, 2.24) is 15.0 Å². The lowest BCUT2D eigenvalue weighted by Crippen LogP contribution is -1.92. The Hall–Kier alpha value is -6.19. The van der Waals surface area contributed by atoms with E-state index in [1.165, 1.54) is 37.9 Å². The number of benzene rings is 7. The lowest BCUT2D eigenvalue weighted by Gasteiger charge is -2.16. The van der Waals surface area contributed by atoms with Gasteiger partial charge in [0.2, 0.25) is 0 Å². The molecule has 0 spiro atoms. The highest BCUT2D eigenvalue weighted by Crippen LogP contribution is 2.41. The summed E-state index contributed by atoms with van der Waals surface area (Å²) in [7, 11) is 0. The van der Waals surface area contributed by atoms with Crippen LogP contribution in [0.1, 0.15) is 0 Å². The van der Waals surface area contributed by atoms with E-state index in [4.69, 9.17) is 15.0 Å². The van der Waals surface area contributed by atoms with E-state index in [0.717, 1.165) is 60.7 Å². The summed E-state index contributed by atoms with van der Waals surface area (Å²) in [6.45, 7) is 0. The van der Waals surface area contributed by atoms with E-state index in [9.17, 15) is 0 Å². The smallest absolute Gasteiger partial charge is 0.0972 e. The molecule has 3 nitrogen and oxygen atoms in total. The van der Waals surface area contributed by atoms with Gasteiger partial charge in [-0.2, -0.15) is 0 Å². The average Bonchev–Trinajstić information content (AvgIpc) is 3.13. The maximum absolute atomic E-state index is 5.24. The first kappa shape index (κ1) is 25.2.